The van der Waals surface area contributed by atoms with Crippen LogP contribution in [0.4, 0.5) is 0 Å². The van der Waals surface area contributed by atoms with Crippen molar-refractivity contribution in [2.45, 2.75) is 148 Å². The Bertz CT molecular complexity index is 2760. The molecule has 7 rings (SSSR count). The third-order valence-electron chi connectivity index (χ3n) is 13.2. The van der Waals surface area contributed by atoms with E-state index in [0.717, 1.165) is 65.7 Å². The molecule has 0 saturated heterocycles. The zero-order valence-corrected chi connectivity index (χ0v) is 45.7. The van der Waals surface area contributed by atoms with Gasteiger partial charge in [0.15, 0.2) is 0 Å². The molecule has 0 amide bonds. The van der Waals surface area contributed by atoms with Gasteiger partial charge in [0.2, 0.25) is 20.0 Å². The molecule has 0 fully saturated rings. The summed E-state index contributed by atoms with van der Waals surface area (Å²) in [6, 6.07) is 39.9. The summed E-state index contributed by atoms with van der Waals surface area (Å²) < 4.78 is 75.3. The van der Waals surface area contributed by atoms with E-state index >= 15 is 16.8 Å². The quantitative estimate of drug-likeness (QED) is 0.0941. The van der Waals surface area contributed by atoms with E-state index in [9.17, 15) is 0 Å². The molecule has 1 aliphatic heterocycles. The minimum absolute atomic E-state index is 0.0467. The molecule has 2 atom stereocenters. The number of rotatable bonds is 16. The van der Waals surface area contributed by atoms with Gasteiger partial charge in [-0.3, -0.25) is 0 Å². The molecule has 0 saturated carbocycles. The average molecular weight is 989 g/mol. The second-order valence-electron chi connectivity index (χ2n) is 20.6. The Morgan fingerprint density at radius 3 is 1.01 bits per heavy atom. The van der Waals surface area contributed by atoms with Gasteiger partial charge in [-0.2, -0.15) is 8.99 Å². The van der Waals surface area contributed by atoms with Crippen LogP contribution >= 0.6 is 16.1 Å². The third kappa shape index (κ3) is 10.2. The van der Waals surface area contributed by atoms with Gasteiger partial charge in [0.05, 0.1) is 9.79 Å². The molecule has 6 aromatic rings. The van der Waals surface area contributed by atoms with E-state index in [1.807, 2.05) is 84.9 Å². The second-order valence-corrected chi connectivity index (χ2v) is 28.2. The maximum Gasteiger partial charge on any atom is 0.245 e. The molecule has 11 heteroatoms. The lowest BCUT2D eigenvalue weighted by Gasteiger charge is -2.38. The zero-order chi connectivity index (χ0) is 49.6. The zero-order valence-electron chi connectivity index (χ0n) is 42.3. The normalized spacial score (nSPS) is 14.7. The lowest BCUT2D eigenvalue weighted by molar-refractivity contribution is 0.425. The SMILES string of the molecule is CC(C)c1cc(C(C)C)c(S(=O)(=O)NP(c2ccccc2)c2cccc3c2Oc2c(P(NS(=O)(=O)c4c(C(C)C)cc(C(C)C)cc4C(C)C)c4ccccc4)cccc2C3(C)C)c(C(C)C)c1. The van der Waals surface area contributed by atoms with Gasteiger partial charge in [-0.05, 0) is 91.6 Å². The minimum atomic E-state index is -4.15. The standard InChI is InChI=1S/C57H70N2O5P2S2/c1-35(2)41-31-45(37(5)6)55(46(32-41)38(7)8)67(60,61)58-65(43-23-17-15-18-24-43)51-29-21-27-49-53(51)64-54-50(57(49,13)14)28-22-30-52(54)66(44-25-19-16-20-26-44)59-68(62,63)56-47(39(9)10)33-42(36(3)4)34-48(56)40(11)12/h15-40,58-59H,1-14H3. The molecular formula is C57H70N2O5P2S2. The number of fused-ring (bicyclic) bond motifs is 2. The summed E-state index contributed by atoms with van der Waals surface area (Å²) in [6.45, 7) is 29.3. The van der Waals surface area contributed by atoms with Crippen molar-refractivity contribution < 1.29 is 21.6 Å². The maximum atomic E-state index is 15.4. The van der Waals surface area contributed by atoms with Crippen LogP contribution in [0.5, 0.6) is 11.5 Å². The highest BCUT2D eigenvalue weighted by Gasteiger charge is 2.41. The van der Waals surface area contributed by atoms with Crippen molar-refractivity contribution in [3.8, 4) is 11.5 Å². The van der Waals surface area contributed by atoms with Crippen molar-refractivity contribution >= 4 is 57.4 Å². The highest BCUT2D eigenvalue weighted by molar-refractivity contribution is 7.98. The molecule has 1 aliphatic rings. The van der Waals surface area contributed by atoms with Crippen LogP contribution in [0.15, 0.2) is 131 Å². The van der Waals surface area contributed by atoms with Crippen molar-refractivity contribution in [3.05, 3.63) is 166 Å². The van der Waals surface area contributed by atoms with E-state index in [0.29, 0.717) is 21.3 Å². The number of nitrogens with one attached hydrogen (secondary N) is 2. The third-order valence-corrected chi connectivity index (χ3v) is 21.9. The van der Waals surface area contributed by atoms with Gasteiger partial charge in [-0.15, -0.1) is 0 Å². The van der Waals surface area contributed by atoms with Crippen LogP contribution in [0.3, 0.4) is 0 Å². The molecule has 0 aromatic heterocycles. The van der Waals surface area contributed by atoms with E-state index < -0.39 is 41.6 Å². The molecule has 2 N–H and O–H groups in total. The number of ether oxygens (including phenoxy) is 1. The van der Waals surface area contributed by atoms with Crippen LogP contribution in [-0.2, 0) is 25.5 Å². The van der Waals surface area contributed by atoms with Crippen molar-refractivity contribution in [2.75, 3.05) is 0 Å². The number of hydrogen-bond donors (Lipinski definition) is 2. The fraction of sp³-hybridized carbons (Fsp3) is 0.368. The van der Waals surface area contributed by atoms with Crippen LogP contribution in [0.2, 0.25) is 0 Å². The summed E-state index contributed by atoms with van der Waals surface area (Å²) >= 11 is 0. The second kappa shape index (κ2) is 20.3. The van der Waals surface area contributed by atoms with Gasteiger partial charge in [-0.1, -0.05) is 206 Å². The first-order valence-electron chi connectivity index (χ1n) is 24.0. The topological polar surface area (TPSA) is 102 Å². The average Bonchev–Trinajstić information content (AvgIpc) is 3.29. The number of hydrogen-bond acceptors (Lipinski definition) is 5. The molecule has 0 aliphatic carbocycles. The van der Waals surface area contributed by atoms with Gasteiger partial charge >= 0.3 is 0 Å². The van der Waals surface area contributed by atoms with Gasteiger partial charge < -0.3 is 4.74 Å². The van der Waals surface area contributed by atoms with Crippen molar-refractivity contribution in [1.82, 2.24) is 8.99 Å². The first kappa shape index (κ1) is 51.6. The molecule has 0 bridgehead atoms. The fourth-order valence-corrected chi connectivity index (χ4v) is 18.6. The lowest BCUT2D eigenvalue weighted by atomic mass is 9.76. The Hall–Kier alpha value is -4.20. The van der Waals surface area contributed by atoms with E-state index in [1.165, 1.54) is 0 Å². The molecule has 68 heavy (non-hydrogen) atoms. The molecule has 0 spiro atoms. The monoisotopic (exact) mass is 988 g/mol. The fourth-order valence-electron chi connectivity index (χ4n) is 9.22. The van der Waals surface area contributed by atoms with E-state index in [-0.39, 0.29) is 35.5 Å². The summed E-state index contributed by atoms with van der Waals surface area (Å²) in [4.78, 5) is 0.685. The predicted molar refractivity (Wildman–Crippen MR) is 288 cm³/mol. The maximum absolute atomic E-state index is 15.4. The van der Waals surface area contributed by atoms with Crippen molar-refractivity contribution in [1.29, 1.82) is 0 Å². The molecule has 7 nitrogen and oxygen atoms in total. The van der Waals surface area contributed by atoms with E-state index in [2.05, 4.69) is 142 Å². The predicted octanol–water partition coefficient (Wildman–Crippen LogP) is 13.5. The van der Waals surface area contributed by atoms with Gasteiger partial charge in [0.1, 0.15) is 11.5 Å². The summed E-state index contributed by atoms with van der Waals surface area (Å²) in [5.74, 6) is 1.40. The Balaban J connectivity index is 1.42. The highest BCUT2D eigenvalue weighted by atomic mass is 32.2. The largest absolute Gasteiger partial charge is 0.455 e. The molecule has 2 unspecified atom stereocenters. The first-order chi connectivity index (χ1) is 32.0. The molecule has 1 heterocycles. The van der Waals surface area contributed by atoms with Gasteiger partial charge in [0.25, 0.3) is 0 Å². The van der Waals surface area contributed by atoms with Crippen LogP contribution < -0.4 is 34.9 Å². The summed E-state index contributed by atoms with van der Waals surface area (Å²) in [6.07, 6.45) is 0. The van der Waals surface area contributed by atoms with E-state index in [1.54, 1.807) is 0 Å². The summed E-state index contributed by atoms with van der Waals surface area (Å²) in [7, 11) is -11.9. The molecule has 0 radical (unpaired) electrons. The molecule has 6 aromatic carbocycles. The van der Waals surface area contributed by atoms with Gasteiger partial charge in [0, 0.05) is 43.3 Å². The summed E-state index contributed by atoms with van der Waals surface area (Å²) in [5, 5.41) is 3.07. The molecule has 360 valence electrons. The summed E-state index contributed by atoms with van der Waals surface area (Å²) in [5.41, 5.74) is 6.62. The Morgan fingerprint density at radius 1 is 0.426 bits per heavy atom. The smallest absolute Gasteiger partial charge is 0.245 e. The van der Waals surface area contributed by atoms with Crippen LogP contribution in [0.25, 0.3) is 0 Å². The number of para-hydroxylation sites is 2. The Labute approximate surface area is 410 Å². The van der Waals surface area contributed by atoms with Crippen molar-refractivity contribution in [3.63, 3.8) is 0 Å². The molecular weight excluding hydrogens is 919 g/mol. The van der Waals surface area contributed by atoms with Crippen LogP contribution in [-0.4, -0.2) is 16.8 Å². The lowest BCUT2D eigenvalue weighted by Crippen LogP contribution is -2.35. The van der Waals surface area contributed by atoms with Gasteiger partial charge in [-0.25, -0.2) is 16.8 Å². The first-order valence-corrected chi connectivity index (χ1v) is 29.7. The Kier molecular flexibility index (Phi) is 15.4. The van der Waals surface area contributed by atoms with Crippen molar-refractivity contribution in [2.24, 2.45) is 0 Å². The number of sulfonamides is 2. The highest BCUT2D eigenvalue weighted by Crippen LogP contribution is 2.52. The minimum Gasteiger partial charge on any atom is -0.455 e. The van der Waals surface area contributed by atoms with E-state index in [4.69, 9.17) is 4.74 Å². The van der Waals surface area contributed by atoms with Crippen LogP contribution in [0, 0.1) is 0 Å². The number of benzene rings is 6. The Morgan fingerprint density at radius 2 is 0.735 bits per heavy atom. The van der Waals surface area contributed by atoms with Crippen LogP contribution in [0.1, 0.15) is 177 Å².